The number of halogens is 3. The maximum atomic E-state index is 12.6. The first-order valence-corrected chi connectivity index (χ1v) is 11.9. The van der Waals surface area contributed by atoms with E-state index < -0.39 is 63.4 Å². The van der Waals surface area contributed by atoms with Gasteiger partial charge in [0.05, 0.1) is 5.75 Å². The molecular formula is C15H15F3N6O6S3. The lowest BCUT2D eigenvalue weighted by atomic mass is 10.00. The zero-order valence-corrected chi connectivity index (χ0v) is 18.7. The van der Waals surface area contributed by atoms with E-state index in [9.17, 15) is 37.5 Å². The summed E-state index contributed by atoms with van der Waals surface area (Å²) in [5.41, 5.74) is -4.70. The number of fused-ring (bicyclic) bond motifs is 1. The van der Waals surface area contributed by atoms with Crippen LogP contribution in [0.25, 0.3) is 0 Å². The number of hydrogen-bond donors (Lipinski definition) is 4. The lowest BCUT2D eigenvalue weighted by Gasteiger charge is -2.50. The van der Waals surface area contributed by atoms with E-state index >= 15 is 0 Å². The van der Waals surface area contributed by atoms with Crippen molar-refractivity contribution in [2.75, 3.05) is 11.5 Å². The van der Waals surface area contributed by atoms with Gasteiger partial charge in [0.1, 0.15) is 17.1 Å². The number of H-pyrrole nitrogens is 1. The number of thioether (sulfide) groups is 3. The Morgan fingerprint density at radius 3 is 2.64 bits per heavy atom. The summed E-state index contributed by atoms with van der Waals surface area (Å²) in [6.45, 7) is 0. The molecule has 0 saturated carbocycles. The third-order valence-electron chi connectivity index (χ3n) is 4.47. The van der Waals surface area contributed by atoms with Crippen LogP contribution in [0.1, 0.15) is 12.8 Å². The molecule has 2 unspecified atom stereocenters. The number of carbonyl (C=O) groups excluding carboxylic acids is 2. The van der Waals surface area contributed by atoms with E-state index in [2.05, 4.69) is 25.9 Å². The van der Waals surface area contributed by atoms with Gasteiger partial charge in [-0.1, -0.05) is 11.8 Å². The number of amides is 2. The number of nitrogens with one attached hydrogen (secondary N) is 2. The second-order valence-corrected chi connectivity index (χ2v) is 9.92. The minimum Gasteiger partial charge on any atom is -0.481 e. The number of rotatable bonds is 10. The fourth-order valence-electron chi connectivity index (χ4n) is 3.14. The van der Waals surface area contributed by atoms with Gasteiger partial charge in [0.2, 0.25) is 11.1 Å². The first-order chi connectivity index (χ1) is 15.5. The molecule has 0 aliphatic carbocycles. The van der Waals surface area contributed by atoms with Crippen molar-refractivity contribution in [3.63, 3.8) is 0 Å². The predicted octanol–water partition coefficient (Wildman–Crippen LogP) is 0.517. The molecule has 2 aliphatic heterocycles. The summed E-state index contributed by atoms with van der Waals surface area (Å²) < 4.78 is 36.8. The van der Waals surface area contributed by atoms with Crippen LogP contribution in [0.2, 0.25) is 0 Å². The highest BCUT2D eigenvalue weighted by Gasteiger charge is 2.55. The van der Waals surface area contributed by atoms with Gasteiger partial charge in [-0.2, -0.15) is 18.4 Å². The second kappa shape index (κ2) is 10.2. The van der Waals surface area contributed by atoms with E-state index in [0.29, 0.717) is 0 Å². The largest absolute Gasteiger partial charge is 0.481 e. The number of tetrazole rings is 1. The van der Waals surface area contributed by atoms with Gasteiger partial charge >= 0.3 is 17.4 Å². The number of hydrogen-bond acceptors (Lipinski definition) is 10. The number of carboxylic acid groups (broad SMARTS) is 2. The van der Waals surface area contributed by atoms with Gasteiger partial charge in [-0.15, -0.1) is 22.0 Å². The monoisotopic (exact) mass is 528 g/mol. The maximum absolute atomic E-state index is 12.6. The summed E-state index contributed by atoms with van der Waals surface area (Å²) in [6, 6.07) is -1.17. The molecule has 1 fully saturated rings. The number of aliphatic carboxylic acids is 2. The first kappa shape index (κ1) is 25.2. The van der Waals surface area contributed by atoms with Crippen molar-refractivity contribution in [2.45, 2.75) is 40.2 Å². The van der Waals surface area contributed by atoms with Crippen LogP contribution in [0.4, 0.5) is 13.2 Å². The first-order valence-electron chi connectivity index (χ1n) is 9.01. The molecule has 2 aliphatic rings. The normalized spacial score (nSPS) is 21.3. The molecule has 4 N–H and O–H groups in total. The summed E-state index contributed by atoms with van der Waals surface area (Å²) in [7, 11) is 0. The SMILES string of the molecule is O=C(O)CCC(Sc1nn[nH]n1)C1=C(C(=O)O)N2C(=O)C(NC(=O)CSC(F)(F)F)[C@@H]2SC1. The third-order valence-corrected chi connectivity index (χ3v) is 7.69. The molecule has 0 radical (unpaired) electrons. The summed E-state index contributed by atoms with van der Waals surface area (Å²) >= 11 is 1.54. The van der Waals surface area contributed by atoms with Crippen molar-refractivity contribution in [3.05, 3.63) is 11.3 Å². The molecule has 18 heteroatoms. The van der Waals surface area contributed by atoms with Crippen LogP contribution >= 0.6 is 35.3 Å². The zero-order valence-electron chi connectivity index (χ0n) is 16.2. The number of aromatic nitrogens is 4. The molecule has 2 amide bonds. The summed E-state index contributed by atoms with van der Waals surface area (Å²) in [6.07, 6.45) is -0.272. The van der Waals surface area contributed by atoms with E-state index in [-0.39, 0.29) is 35.0 Å². The number of carboxylic acids is 2. The molecule has 3 atom stereocenters. The molecule has 0 aromatic carbocycles. The molecule has 0 bridgehead atoms. The molecule has 3 heterocycles. The van der Waals surface area contributed by atoms with Crippen molar-refractivity contribution < 1.29 is 42.6 Å². The number of aromatic amines is 1. The molecule has 1 aromatic rings. The number of nitrogens with zero attached hydrogens (tertiary/aromatic N) is 4. The highest BCUT2D eigenvalue weighted by molar-refractivity contribution is 8.01. The second-order valence-electron chi connectivity index (χ2n) is 6.60. The molecule has 12 nitrogen and oxygen atoms in total. The van der Waals surface area contributed by atoms with Crippen LogP contribution in [0, 0.1) is 0 Å². The molecule has 33 heavy (non-hydrogen) atoms. The van der Waals surface area contributed by atoms with Crippen molar-refractivity contribution in [3.8, 4) is 0 Å². The lowest BCUT2D eigenvalue weighted by Crippen LogP contribution is -2.71. The standard InChI is InChI=1S/C15H15F3N6O6S3/c16-15(17,18)32-4-7(25)19-9-11(28)24-10(13(29)30)5(3-31-12(9)24)6(1-2-8(26)27)33-14-20-22-23-21-14/h6,9,12H,1-4H2,(H,19,25)(H,26,27)(H,29,30)(H,20,21,22,23)/t6?,9?,12-/m0/s1. The van der Waals surface area contributed by atoms with Crippen LogP contribution in [-0.2, 0) is 19.2 Å². The summed E-state index contributed by atoms with van der Waals surface area (Å²) in [5.74, 6) is -5.18. The van der Waals surface area contributed by atoms with Crippen LogP contribution in [-0.4, -0.2) is 93.2 Å². The van der Waals surface area contributed by atoms with Gasteiger partial charge < -0.3 is 15.5 Å². The Kier molecular flexibility index (Phi) is 7.78. The Labute approximate surface area is 195 Å². The van der Waals surface area contributed by atoms with E-state index in [0.717, 1.165) is 28.4 Å². The Balaban J connectivity index is 1.79. The van der Waals surface area contributed by atoms with Crippen LogP contribution in [0.3, 0.4) is 0 Å². The summed E-state index contributed by atoms with van der Waals surface area (Å²) in [4.78, 5) is 48.5. The van der Waals surface area contributed by atoms with Crippen molar-refractivity contribution >= 4 is 59.0 Å². The highest BCUT2D eigenvalue weighted by atomic mass is 32.2. The van der Waals surface area contributed by atoms with Crippen LogP contribution in [0.15, 0.2) is 16.4 Å². The summed E-state index contributed by atoms with van der Waals surface area (Å²) in [5, 5.41) is 32.9. The van der Waals surface area contributed by atoms with Gasteiger partial charge in [-0.3, -0.25) is 19.3 Å². The van der Waals surface area contributed by atoms with Crippen molar-refractivity contribution in [2.24, 2.45) is 0 Å². The van der Waals surface area contributed by atoms with Gasteiger partial charge in [-0.25, -0.2) is 4.79 Å². The fraction of sp³-hybridized carbons (Fsp3) is 0.533. The van der Waals surface area contributed by atoms with Crippen LogP contribution in [0.5, 0.6) is 0 Å². The average Bonchev–Trinajstić information content (AvgIpc) is 3.24. The molecular weight excluding hydrogens is 513 g/mol. The molecule has 0 spiro atoms. The van der Waals surface area contributed by atoms with Gasteiger partial charge in [-0.05, 0) is 29.0 Å². The lowest BCUT2D eigenvalue weighted by molar-refractivity contribution is -0.150. The Morgan fingerprint density at radius 1 is 1.33 bits per heavy atom. The predicted molar refractivity (Wildman–Crippen MR) is 109 cm³/mol. The fourth-order valence-corrected chi connectivity index (χ4v) is 6.06. The minimum absolute atomic E-state index is 0.0166. The van der Waals surface area contributed by atoms with E-state index in [4.69, 9.17) is 5.11 Å². The van der Waals surface area contributed by atoms with E-state index in [1.807, 2.05) is 0 Å². The topological polar surface area (TPSA) is 178 Å². The zero-order chi connectivity index (χ0) is 24.3. The number of β-lactam (4-membered cyclic amide) rings is 1. The smallest absolute Gasteiger partial charge is 0.442 e. The van der Waals surface area contributed by atoms with E-state index in [1.54, 1.807) is 0 Å². The van der Waals surface area contributed by atoms with E-state index in [1.165, 1.54) is 0 Å². The molecule has 1 aromatic heterocycles. The quantitative estimate of drug-likeness (QED) is 0.245. The average molecular weight is 529 g/mol. The van der Waals surface area contributed by atoms with Crippen molar-refractivity contribution in [1.29, 1.82) is 0 Å². The molecule has 1 saturated heterocycles. The Bertz CT molecular complexity index is 975. The van der Waals surface area contributed by atoms with Crippen molar-refractivity contribution in [1.82, 2.24) is 30.8 Å². The number of alkyl halides is 3. The maximum Gasteiger partial charge on any atom is 0.442 e. The Morgan fingerprint density at radius 2 is 2.06 bits per heavy atom. The molecule has 3 rings (SSSR count). The highest BCUT2D eigenvalue weighted by Crippen LogP contribution is 2.44. The van der Waals surface area contributed by atoms with Gasteiger partial charge in [0.25, 0.3) is 5.91 Å². The van der Waals surface area contributed by atoms with Gasteiger partial charge in [0, 0.05) is 17.4 Å². The molecule has 180 valence electrons. The van der Waals surface area contributed by atoms with Crippen LogP contribution < -0.4 is 5.32 Å². The minimum atomic E-state index is -4.61. The van der Waals surface area contributed by atoms with Gasteiger partial charge in [0.15, 0.2) is 0 Å². The number of carbonyl (C=O) groups is 4. The third kappa shape index (κ3) is 6.11. The Hall–Kier alpha value is -2.47.